The molecule has 0 saturated heterocycles. The predicted molar refractivity (Wildman–Crippen MR) is 77.5 cm³/mol. The smallest absolute Gasteiger partial charge is 0.373 e. The van der Waals surface area contributed by atoms with E-state index in [1.165, 1.54) is 19.1 Å². The van der Waals surface area contributed by atoms with Gasteiger partial charge in [0, 0.05) is 17.3 Å². The van der Waals surface area contributed by atoms with Gasteiger partial charge >= 0.3 is 6.18 Å². The van der Waals surface area contributed by atoms with Gasteiger partial charge in [0.2, 0.25) is 5.91 Å². The van der Waals surface area contributed by atoms with Crippen molar-refractivity contribution < 1.29 is 18.0 Å². The summed E-state index contributed by atoms with van der Waals surface area (Å²) in [6, 6.07) is 2.64. The summed E-state index contributed by atoms with van der Waals surface area (Å²) < 4.78 is 38.8. The molecule has 0 aliphatic rings. The lowest BCUT2D eigenvalue weighted by Gasteiger charge is -2.19. The van der Waals surface area contributed by atoms with Crippen molar-refractivity contribution in [3.8, 4) is 0 Å². The number of benzene rings is 1. The molecule has 0 fully saturated rings. The molecule has 2 N–H and O–H groups in total. The highest BCUT2D eigenvalue weighted by Gasteiger charge is 2.34. The number of carbonyl (C=O) groups excluding carboxylic acids is 1. The summed E-state index contributed by atoms with van der Waals surface area (Å²) >= 11 is 5.60. The van der Waals surface area contributed by atoms with Crippen LogP contribution in [0.3, 0.4) is 0 Å². The Hall–Kier alpha value is -1.43. The molecule has 0 aliphatic carbocycles. The SMILES string of the molecule is CCCCNC(=O)C(C)Nc1ccc(Cl)cc1C(F)(F)F. The minimum atomic E-state index is -4.54. The molecule has 0 heterocycles. The summed E-state index contributed by atoms with van der Waals surface area (Å²) in [4.78, 5) is 11.8. The Balaban J connectivity index is 2.80. The summed E-state index contributed by atoms with van der Waals surface area (Å²) in [5, 5.41) is 5.24. The lowest BCUT2D eigenvalue weighted by Crippen LogP contribution is -2.38. The van der Waals surface area contributed by atoms with Gasteiger partial charge < -0.3 is 10.6 Å². The van der Waals surface area contributed by atoms with Crippen molar-refractivity contribution in [2.75, 3.05) is 11.9 Å². The quantitative estimate of drug-likeness (QED) is 0.775. The summed E-state index contributed by atoms with van der Waals surface area (Å²) in [6.07, 6.45) is -2.78. The van der Waals surface area contributed by atoms with Crippen molar-refractivity contribution in [2.24, 2.45) is 0 Å². The van der Waals surface area contributed by atoms with E-state index in [9.17, 15) is 18.0 Å². The maximum atomic E-state index is 12.9. The van der Waals surface area contributed by atoms with E-state index >= 15 is 0 Å². The van der Waals surface area contributed by atoms with Crippen LogP contribution in [0.1, 0.15) is 32.3 Å². The Morgan fingerprint density at radius 3 is 2.62 bits per heavy atom. The number of unbranched alkanes of at least 4 members (excludes halogenated alkanes) is 1. The van der Waals surface area contributed by atoms with E-state index in [1.54, 1.807) is 0 Å². The molecule has 0 saturated carbocycles. The summed E-state index contributed by atoms with van der Waals surface area (Å²) in [6.45, 7) is 4.00. The first kappa shape index (κ1) is 17.6. The molecule has 0 aromatic heterocycles. The molecule has 0 bridgehead atoms. The minimum Gasteiger partial charge on any atom is -0.373 e. The first-order chi connectivity index (χ1) is 9.75. The Labute approximate surface area is 126 Å². The van der Waals surface area contributed by atoms with Gasteiger partial charge in [0.15, 0.2) is 0 Å². The molecule has 21 heavy (non-hydrogen) atoms. The third kappa shape index (κ3) is 5.46. The number of carbonyl (C=O) groups is 1. The molecule has 1 aromatic rings. The fourth-order valence-corrected chi connectivity index (χ4v) is 1.89. The number of amides is 1. The molecule has 1 atom stereocenters. The molecule has 0 radical (unpaired) electrons. The maximum Gasteiger partial charge on any atom is 0.418 e. The Morgan fingerprint density at radius 2 is 2.05 bits per heavy atom. The van der Waals surface area contributed by atoms with Gasteiger partial charge in [-0.25, -0.2) is 0 Å². The van der Waals surface area contributed by atoms with Crippen LogP contribution < -0.4 is 10.6 Å². The molecule has 1 unspecified atom stereocenters. The second kappa shape index (κ2) is 7.54. The van der Waals surface area contributed by atoms with Gasteiger partial charge in [0.05, 0.1) is 5.56 Å². The topological polar surface area (TPSA) is 41.1 Å². The van der Waals surface area contributed by atoms with Crippen molar-refractivity contribution >= 4 is 23.2 Å². The first-order valence-electron chi connectivity index (χ1n) is 6.66. The van der Waals surface area contributed by atoms with E-state index in [0.717, 1.165) is 18.9 Å². The van der Waals surface area contributed by atoms with Crippen molar-refractivity contribution in [3.63, 3.8) is 0 Å². The third-order valence-corrected chi connectivity index (χ3v) is 3.12. The van der Waals surface area contributed by atoms with E-state index in [4.69, 9.17) is 11.6 Å². The number of halogens is 4. The van der Waals surface area contributed by atoms with Crippen molar-refractivity contribution in [3.05, 3.63) is 28.8 Å². The molecule has 0 aliphatic heterocycles. The third-order valence-electron chi connectivity index (χ3n) is 2.88. The van der Waals surface area contributed by atoms with Gasteiger partial charge in [-0.1, -0.05) is 24.9 Å². The number of hydrogen-bond acceptors (Lipinski definition) is 2. The second-order valence-electron chi connectivity index (χ2n) is 4.70. The Kier molecular flexibility index (Phi) is 6.33. The highest BCUT2D eigenvalue weighted by Crippen LogP contribution is 2.36. The Bertz CT molecular complexity index is 492. The highest BCUT2D eigenvalue weighted by atomic mass is 35.5. The molecular formula is C14H18ClF3N2O. The van der Waals surface area contributed by atoms with E-state index in [0.29, 0.717) is 6.54 Å². The van der Waals surface area contributed by atoms with Gasteiger partial charge in [-0.2, -0.15) is 13.2 Å². The number of alkyl halides is 3. The van der Waals surface area contributed by atoms with Crippen LogP contribution in [0.5, 0.6) is 0 Å². The molecule has 118 valence electrons. The van der Waals surface area contributed by atoms with Crippen LogP contribution in [-0.2, 0) is 11.0 Å². The van der Waals surface area contributed by atoms with Crippen LogP contribution in [0.15, 0.2) is 18.2 Å². The molecule has 1 rings (SSSR count). The van der Waals surface area contributed by atoms with Gasteiger partial charge in [-0.15, -0.1) is 0 Å². The molecule has 7 heteroatoms. The van der Waals surface area contributed by atoms with Gasteiger partial charge in [0.1, 0.15) is 6.04 Å². The van der Waals surface area contributed by atoms with Crippen LogP contribution in [0.2, 0.25) is 5.02 Å². The van der Waals surface area contributed by atoms with Crippen LogP contribution >= 0.6 is 11.6 Å². The second-order valence-corrected chi connectivity index (χ2v) is 5.13. The molecule has 0 spiro atoms. The van der Waals surface area contributed by atoms with Crippen molar-refractivity contribution in [1.82, 2.24) is 5.32 Å². The maximum absolute atomic E-state index is 12.9. The van der Waals surface area contributed by atoms with E-state index in [-0.39, 0.29) is 16.6 Å². The lowest BCUT2D eigenvalue weighted by atomic mass is 10.1. The average molecular weight is 323 g/mol. The number of rotatable bonds is 6. The Morgan fingerprint density at radius 1 is 1.38 bits per heavy atom. The molecule has 1 aromatic carbocycles. The van der Waals surface area contributed by atoms with Gasteiger partial charge in [0.25, 0.3) is 0 Å². The lowest BCUT2D eigenvalue weighted by molar-refractivity contribution is -0.137. The number of anilines is 1. The van der Waals surface area contributed by atoms with Crippen LogP contribution in [0, 0.1) is 0 Å². The van der Waals surface area contributed by atoms with Crippen LogP contribution in [-0.4, -0.2) is 18.5 Å². The highest BCUT2D eigenvalue weighted by molar-refractivity contribution is 6.30. The fraction of sp³-hybridized carbons (Fsp3) is 0.500. The number of nitrogens with one attached hydrogen (secondary N) is 2. The monoisotopic (exact) mass is 322 g/mol. The predicted octanol–water partition coefficient (Wildman–Crippen LogP) is 4.08. The summed E-state index contributed by atoms with van der Waals surface area (Å²) in [7, 11) is 0. The minimum absolute atomic E-state index is 0.00655. The van der Waals surface area contributed by atoms with E-state index < -0.39 is 17.8 Å². The summed E-state index contributed by atoms with van der Waals surface area (Å²) in [5.74, 6) is -0.341. The zero-order valence-corrected chi connectivity index (χ0v) is 12.6. The normalized spacial score (nSPS) is 12.9. The molecule has 1 amide bonds. The largest absolute Gasteiger partial charge is 0.418 e. The van der Waals surface area contributed by atoms with Crippen LogP contribution in [0.4, 0.5) is 18.9 Å². The van der Waals surface area contributed by atoms with Gasteiger partial charge in [-0.05, 0) is 31.5 Å². The zero-order chi connectivity index (χ0) is 16.0. The fourth-order valence-electron chi connectivity index (χ4n) is 1.72. The van der Waals surface area contributed by atoms with Gasteiger partial charge in [-0.3, -0.25) is 4.79 Å². The van der Waals surface area contributed by atoms with Crippen molar-refractivity contribution in [1.29, 1.82) is 0 Å². The van der Waals surface area contributed by atoms with E-state index in [2.05, 4.69) is 10.6 Å². The molecular weight excluding hydrogens is 305 g/mol. The summed E-state index contributed by atoms with van der Waals surface area (Å²) in [5.41, 5.74) is -1.05. The van der Waals surface area contributed by atoms with Crippen LogP contribution in [0.25, 0.3) is 0 Å². The molecule has 3 nitrogen and oxygen atoms in total. The number of hydrogen-bond donors (Lipinski definition) is 2. The standard InChI is InChI=1S/C14H18ClF3N2O/c1-3-4-7-19-13(21)9(2)20-12-6-5-10(15)8-11(12)14(16,17)18/h5-6,8-9,20H,3-4,7H2,1-2H3,(H,19,21). The van der Waals surface area contributed by atoms with E-state index in [1.807, 2.05) is 6.92 Å². The average Bonchev–Trinajstić information content (AvgIpc) is 2.39. The van der Waals surface area contributed by atoms with Crippen molar-refractivity contribution in [2.45, 2.75) is 38.9 Å². The first-order valence-corrected chi connectivity index (χ1v) is 7.04. The zero-order valence-electron chi connectivity index (χ0n) is 11.9.